The summed E-state index contributed by atoms with van der Waals surface area (Å²) < 4.78 is 17.3. The molecule has 4 atom stereocenters. The normalized spacial score (nSPS) is 27.1. The summed E-state index contributed by atoms with van der Waals surface area (Å²) in [5, 5.41) is 16.4. The zero-order valence-electron chi connectivity index (χ0n) is 23.7. The average molecular weight is 600 g/mol. The molecule has 1 aromatic carbocycles. The predicted octanol–water partition coefficient (Wildman–Crippen LogP) is 2.12. The first-order valence-corrected chi connectivity index (χ1v) is 14.9. The fourth-order valence-electron chi connectivity index (χ4n) is 6.14. The van der Waals surface area contributed by atoms with Crippen LogP contribution in [-0.2, 0) is 14.3 Å². The molecule has 0 aliphatic carbocycles. The van der Waals surface area contributed by atoms with Crippen molar-refractivity contribution >= 4 is 40.5 Å². The first-order chi connectivity index (χ1) is 20.4. The highest BCUT2D eigenvalue weighted by atomic mass is 35.5. The molecule has 4 aliphatic heterocycles. The van der Waals surface area contributed by atoms with Gasteiger partial charge in [0.2, 0.25) is 17.7 Å². The number of hydrogen-bond donors (Lipinski definition) is 3. The molecule has 0 saturated carbocycles. The quantitative estimate of drug-likeness (QED) is 0.387. The summed E-state index contributed by atoms with van der Waals surface area (Å²) in [7, 11) is 2.18. The van der Waals surface area contributed by atoms with E-state index in [4.69, 9.17) is 25.8 Å². The van der Waals surface area contributed by atoms with Gasteiger partial charge in [-0.3, -0.25) is 9.69 Å². The first kappa shape index (κ1) is 29.1. The minimum Gasteiger partial charge on any atom is -0.468 e. The van der Waals surface area contributed by atoms with Crippen molar-refractivity contribution in [3.05, 3.63) is 42.1 Å². The Morgan fingerprint density at radius 2 is 1.90 bits per heavy atom. The Morgan fingerprint density at radius 1 is 1.14 bits per heavy atom. The summed E-state index contributed by atoms with van der Waals surface area (Å²) in [5.41, 5.74) is 2.33. The summed E-state index contributed by atoms with van der Waals surface area (Å²) in [6.07, 6.45) is 2.95. The second-order valence-corrected chi connectivity index (χ2v) is 11.7. The van der Waals surface area contributed by atoms with Crippen LogP contribution in [0.2, 0.25) is 5.02 Å². The van der Waals surface area contributed by atoms with Crippen LogP contribution in [0.15, 0.2) is 37.1 Å². The number of ether oxygens (including phenoxy) is 3. The molecule has 1 amide bonds. The Morgan fingerprint density at radius 3 is 2.67 bits per heavy atom. The number of carbonyl (C=O) groups excluding carboxylic acids is 1. The van der Waals surface area contributed by atoms with E-state index in [9.17, 15) is 9.90 Å². The Hall–Kier alpha value is -3.00. The fourth-order valence-corrected chi connectivity index (χ4v) is 6.28. The molecule has 13 heteroatoms. The van der Waals surface area contributed by atoms with E-state index < -0.39 is 24.4 Å². The van der Waals surface area contributed by atoms with Gasteiger partial charge in [0.15, 0.2) is 6.10 Å². The van der Waals surface area contributed by atoms with Crippen LogP contribution in [0.1, 0.15) is 12.8 Å². The topological polar surface area (TPSA) is 125 Å². The number of aromatic nitrogens is 2. The van der Waals surface area contributed by atoms with Crippen molar-refractivity contribution in [2.75, 3.05) is 75.1 Å². The minimum atomic E-state index is -0.677. The van der Waals surface area contributed by atoms with Crippen LogP contribution >= 0.6 is 11.6 Å². The van der Waals surface area contributed by atoms with Gasteiger partial charge in [-0.1, -0.05) is 18.2 Å². The summed E-state index contributed by atoms with van der Waals surface area (Å²) in [6, 6.07) is 6.40. The number of hydrogen-bond acceptors (Lipinski definition) is 11. The Balaban J connectivity index is 1.14. The maximum Gasteiger partial charge on any atom is 0.247 e. The van der Waals surface area contributed by atoms with E-state index in [2.05, 4.69) is 48.9 Å². The van der Waals surface area contributed by atoms with Gasteiger partial charge in [0.05, 0.1) is 30.8 Å². The lowest BCUT2D eigenvalue weighted by Crippen LogP contribution is -2.52. The molecule has 6 rings (SSSR count). The summed E-state index contributed by atoms with van der Waals surface area (Å²) in [6.45, 7) is 10.4. The third-order valence-electron chi connectivity index (χ3n) is 8.51. The zero-order valence-corrected chi connectivity index (χ0v) is 24.5. The first-order valence-electron chi connectivity index (χ1n) is 14.5. The van der Waals surface area contributed by atoms with E-state index in [0.29, 0.717) is 17.4 Å². The molecule has 0 radical (unpaired) electrons. The number of aliphatic hydroxyl groups is 1. The van der Waals surface area contributed by atoms with Crippen molar-refractivity contribution in [1.29, 1.82) is 0 Å². The third-order valence-corrected chi connectivity index (χ3v) is 8.77. The highest BCUT2D eigenvalue weighted by Gasteiger charge is 2.48. The Labute approximate surface area is 250 Å². The highest BCUT2D eigenvalue weighted by molar-refractivity contribution is 6.31. The van der Waals surface area contributed by atoms with Crippen LogP contribution in [0.5, 0.6) is 5.88 Å². The van der Waals surface area contributed by atoms with Crippen LogP contribution in [0.3, 0.4) is 0 Å². The van der Waals surface area contributed by atoms with Crippen molar-refractivity contribution in [3.8, 4) is 5.88 Å². The molecular formula is C29H38ClN7O5. The number of likely N-dealkylation sites (N-methyl/N-ethyl adjacent to an activating group) is 1. The molecule has 5 heterocycles. The number of halogens is 1. The molecule has 4 fully saturated rings. The van der Waals surface area contributed by atoms with E-state index in [1.165, 1.54) is 12.3 Å². The minimum absolute atomic E-state index is 0.188. The van der Waals surface area contributed by atoms with Gasteiger partial charge >= 0.3 is 0 Å². The lowest BCUT2D eigenvalue weighted by atomic mass is 10.0. The maximum absolute atomic E-state index is 12.3. The average Bonchev–Trinajstić information content (AvgIpc) is 3.58. The van der Waals surface area contributed by atoms with Crippen LogP contribution in [-0.4, -0.2) is 121 Å². The molecule has 12 nitrogen and oxygen atoms in total. The van der Waals surface area contributed by atoms with Crippen LogP contribution < -0.4 is 20.3 Å². The Bertz CT molecular complexity index is 1290. The van der Waals surface area contributed by atoms with E-state index in [1.807, 2.05) is 18.2 Å². The lowest BCUT2D eigenvalue weighted by molar-refractivity contribution is -0.111. The number of rotatable bonds is 8. The highest BCUT2D eigenvalue weighted by Crippen LogP contribution is 2.35. The van der Waals surface area contributed by atoms with Gasteiger partial charge < -0.3 is 39.8 Å². The maximum atomic E-state index is 12.3. The van der Waals surface area contributed by atoms with Gasteiger partial charge in [0, 0.05) is 51.0 Å². The molecule has 0 bridgehead atoms. The number of anilines is 4. The van der Waals surface area contributed by atoms with Gasteiger partial charge in [0.1, 0.15) is 23.3 Å². The molecule has 226 valence electrons. The molecule has 0 spiro atoms. The number of nitrogens with zero attached hydrogens (tertiary/aromatic N) is 5. The number of benzene rings is 1. The van der Waals surface area contributed by atoms with E-state index >= 15 is 0 Å². The fraction of sp³-hybridized carbons (Fsp3) is 0.552. The smallest absolute Gasteiger partial charge is 0.247 e. The summed E-state index contributed by atoms with van der Waals surface area (Å²) >= 11 is 6.34. The monoisotopic (exact) mass is 599 g/mol. The molecule has 2 aromatic rings. The molecule has 4 saturated heterocycles. The van der Waals surface area contributed by atoms with Gasteiger partial charge in [0.25, 0.3) is 0 Å². The van der Waals surface area contributed by atoms with Gasteiger partial charge in [-0.05, 0) is 44.2 Å². The lowest BCUT2D eigenvalue weighted by Gasteiger charge is -2.43. The van der Waals surface area contributed by atoms with Crippen LogP contribution in [0.25, 0.3) is 0 Å². The van der Waals surface area contributed by atoms with E-state index in [0.717, 1.165) is 57.8 Å². The van der Waals surface area contributed by atoms with Gasteiger partial charge in [-0.15, -0.1) is 0 Å². The molecule has 4 aliphatic rings. The number of carbonyl (C=O) groups is 1. The number of piperidine rings is 1. The SMILES string of the molecule is C=CC(=O)Nc1cc(Nc2ncc(Cl)c(O[C@@H]3CO[C@H]4[C@@H]3OC[C@H]4O)n2)ccc1N1CCC(N2CCN(C)CC2)CC1. The Kier molecular flexibility index (Phi) is 8.80. The van der Waals surface area contributed by atoms with Crippen LogP contribution in [0.4, 0.5) is 23.0 Å². The van der Waals surface area contributed by atoms with Crippen molar-refractivity contribution in [2.24, 2.45) is 0 Å². The van der Waals surface area contributed by atoms with Gasteiger partial charge in [-0.2, -0.15) is 4.98 Å². The van der Waals surface area contributed by atoms with Crippen LogP contribution in [0, 0.1) is 0 Å². The largest absolute Gasteiger partial charge is 0.468 e. The number of nitrogens with one attached hydrogen (secondary N) is 2. The van der Waals surface area contributed by atoms with Crippen molar-refractivity contribution in [3.63, 3.8) is 0 Å². The molecule has 42 heavy (non-hydrogen) atoms. The van der Waals surface area contributed by atoms with Crippen molar-refractivity contribution < 1.29 is 24.1 Å². The second-order valence-electron chi connectivity index (χ2n) is 11.3. The molecular weight excluding hydrogens is 562 g/mol. The summed E-state index contributed by atoms with van der Waals surface area (Å²) in [4.78, 5) is 28.5. The molecule has 1 aromatic heterocycles. The molecule has 0 unspecified atom stereocenters. The zero-order chi connectivity index (χ0) is 29.2. The molecule has 3 N–H and O–H groups in total. The van der Waals surface area contributed by atoms with E-state index in [-0.39, 0.29) is 36.0 Å². The number of aliphatic hydroxyl groups excluding tert-OH is 1. The van der Waals surface area contributed by atoms with E-state index in [1.54, 1.807) is 0 Å². The van der Waals surface area contributed by atoms with Gasteiger partial charge in [-0.25, -0.2) is 4.98 Å². The summed E-state index contributed by atoms with van der Waals surface area (Å²) in [5.74, 6) is 0.183. The predicted molar refractivity (Wildman–Crippen MR) is 160 cm³/mol. The third kappa shape index (κ3) is 6.34. The van der Waals surface area contributed by atoms with Crippen molar-refractivity contribution in [2.45, 2.75) is 43.3 Å². The number of amides is 1. The second kappa shape index (κ2) is 12.7. The van der Waals surface area contributed by atoms with Crippen molar-refractivity contribution in [1.82, 2.24) is 19.8 Å². The standard InChI is InChI=1S/C29H38ClN7O5/c1-3-25(39)33-21-14-18(4-5-22(21)37-8-6-19(7-9-37)36-12-10-35(2)11-13-36)32-29-31-15-20(30)28(34-29)42-24-17-41-26-23(38)16-40-27(24)26/h3-5,14-15,19,23-24,26-27,38H,1,6-13,16-17H2,2H3,(H,33,39)(H,31,32,34)/t23-,24-,26-,27-/m1/s1. The number of fused-ring (bicyclic) bond motifs is 1. The number of piperazine rings is 1.